The van der Waals surface area contributed by atoms with Gasteiger partial charge < -0.3 is 9.80 Å². The predicted octanol–water partition coefficient (Wildman–Crippen LogP) is 3.61. The molecule has 0 aliphatic heterocycles. The monoisotopic (exact) mass is 338 g/mol. The van der Waals surface area contributed by atoms with Crippen LogP contribution in [-0.4, -0.2) is 42.8 Å². The molecule has 0 bridgehead atoms. The fourth-order valence-electron chi connectivity index (χ4n) is 2.80. The number of hydrogen-bond acceptors (Lipinski definition) is 3. The van der Waals surface area contributed by atoms with Crippen molar-refractivity contribution < 1.29 is 9.59 Å². The van der Waals surface area contributed by atoms with Crippen molar-refractivity contribution >= 4 is 17.4 Å². The van der Waals surface area contributed by atoms with Crippen LogP contribution in [0.15, 0.2) is 54.6 Å². The molecule has 132 valence electrons. The molecule has 4 nitrogen and oxygen atoms in total. The molecule has 2 aromatic rings. The van der Waals surface area contributed by atoms with Gasteiger partial charge in [-0.1, -0.05) is 44.2 Å². The standard InChI is InChI=1S/C21H26N2O2/c1-4-22(5-2)15-16-23(17(3)24)20-13-11-19(12-14-20)21(25)18-9-7-6-8-10-18/h6-14H,4-5,15-16H2,1-3H3. The average Bonchev–Trinajstić information content (AvgIpc) is 2.65. The summed E-state index contributed by atoms with van der Waals surface area (Å²) in [5.74, 6) is -0.000965. The summed E-state index contributed by atoms with van der Waals surface area (Å²) in [6, 6.07) is 16.5. The van der Waals surface area contributed by atoms with E-state index < -0.39 is 0 Å². The third-order valence-corrected chi connectivity index (χ3v) is 4.39. The van der Waals surface area contributed by atoms with Gasteiger partial charge in [-0.2, -0.15) is 0 Å². The summed E-state index contributed by atoms with van der Waals surface area (Å²) in [6.45, 7) is 9.21. The zero-order valence-electron chi connectivity index (χ0n) is 15.2. The normalized spacial score (nSPS) is 10.7. The van der Waals surface area contributed by atoms with Gasteiger partial charge in [0, 0.05) is 36.8 Å². The summed E-state index contributed by atoms with van der Waals surface area (Å²) in [6.07, 6.45) is 0. The van der Waals surface area contributed by atoms with Crippen LogP contribution < -0.4 is 4.90 Å². The number of nitrogens with zero attached hydrogens (tertiary/aromatic N) is 2. The number of ketones is 1. The molecule has 2 rings (SSSR count). The molecule has 0 radical (unpaired) electrons. The summed E-state index contributed by atoms with van der Waals surface area (Å²) in [5, 5.41) is 0. The summed E-state index contributed by atoms with van der Waals surface area (Å²) in [7, 11) is 0. The number of anilines is 1. The minimum Gasteiger partial charge on any atom is -0.311 e. The van der Waals surface area contributed by atoms with Gasteiger partial charge in [0.1, 0.15) is 0 Å². The second-order valence-electron chi connectivity index (χ2n) is 5.94. The fourth-order valence-corrected chi connectivity index (χ4v) is 2.80. The number of carbonyl (C=O) groups excluding carboxylic acids is 2. The van der Waals surface area contributed by atoms with Crippen molar-refractivity contribution in [3.63, 3.8) is 0 Å². The maximum absolute atomic E-state index is 12.5. The van der Waals surface area contributed by atoms with E-state index in [2.05, 4.69) is 18.7 Å². The number of benzene rings is 2. The lowest BCUT2D eigenvalue weighted by molar-refractivity contribution is -0.116. The molecule has 0 heterocycles. The molecular formula is C21H26N2O2. The van der Waals surface area contributed by atoms with Crippen LogP contribution in [0, 0.1) is 0 Å². The Hall–Kier alpha value is -2.46. The smallest absolute Gasteiger partial charge is 0.223 e. The van der Waals surface area contributed by atoms with E-state index in [1.165, 1.54) is 0 Å². The molecule has 0 saturated carbocycles. The second kappa shape index (κ2) is 9.14. The first kappa shape index (κ1) is 18.9. The predicted molar refractivity (Wildman–Crippen MR) is 102 cm³/mol. The molecule has 0 atom stereocenters. The van der Waals surface area contributed by atoms with Gasteiger partial charge in [0.05, 0.1) is 0 Å². The molecule has 2 aromatic carbocycles. The number of likely N-dealkylation sites (N-methyl/N-ethyl adjacent to an activating group) is 1. The van der Waals surface area contributed by atoms with Crippen LogP contribution in [0.1, 0.15) is 36.7 Å². The first-order valence-electron chi connectivity index (χ1n) is 8.77. The molecule has 0 unspecified atom stereocenters. The van der Waals surface area contributed by atoms with Gasteiger partial charge >= 0.3 is 0 Å². The van der Waals surface area contributed by atoms with E-state index in [1.807, 2.05) is 42.5 Å². The highest BCUT2D eigenvalue weighted by Crippen LogP contribution is 2.18. The van der Waals surface area contributed by atoms with E-state index in [-0.39, 0.29) is 11.7 Å². The van der Waals surface area contributed by atoms with Gasteiger partial charge in [-0.25, -0.2) is 0 Å². The van der Waals surface area contributed by atoms with Crippen molar-refractivity contribution in [3.8, 4) is 0 Å². The zero-order chi connectivity index (χ0) is 18.2. The number of carbonyl (C=O) groups is 2. The highest BCUT2D eigenvalue weighted by atomic mass is 16.2. The molecule has 0 N–H and O–H groups in total. The van der Waals surface area contributed by atoms with Crippen molar-refractivity contribution in [2.24, 2.45) is 0 Å². The van der Waals surface area contributed by atoms with Crippen LogP contribution in [-0.2, 0) is 4.79 Å². The highest BCUT2D eigenvalue weighted by Gasteiger charge is 2.14. The van der Waals surface area contributed by atoms with Crippen molar-refractivity contribution in [3.05, 3.63) is 65.7 Å². The molecule has 0 aliphatic rings. The Kier molecular flexibility index (Phi) is 6.90. The average molecular weight is 338 g/mol. The second-order valence-corrected chi connectivity index (χ2v) is 5.94. The quantitative estimate of drug-likeness (QED) is 0.690. The van der Waals surface area contributed by atoms with E-state index >= 15 is 0 Å². The van der Waals surface area contributed by atoms with Crippen LogP contribution in [0.4, 0.5) is 5.69 Å². The van der Waals surface area contributed by atoms with E-state index in [4.69, 9.17) is 0 Å². The molecule has 0 spiro atoms. The third kappa shape index (κ3) is 5.00. The number of hydrogen-bond donors (Lipinski definition) is 0. The Balaban J connectivity index is 2.13. The summed E-state index contributed by atoms with van der Waals surface area (Å²) in [4.78, 5) is 28.5. The largest absolute Gasteiger partial charge is 0.311 e. The van der Waals surface area contributed by atoms with Gasteiger partial charge in [0.15, 0.2) is 5.78 Å². The van der Waals surface area contributed by atoms with Crippen molar-refractivity contribution in [1.29, 1.82) is 0 Å². The van der Waals surface area contributed by atoms with Gasteiger partial charge in [-0.15, -0.1) is 0 Å². The van der Waals surface area contributed by atoms with Crippen LogP contribution in [0.5, 0.6) is 0 Å². The summed E-state index contributed by atoms with van der Waals surface area (Å²) in [5.41, 5.74) is 2.12. The zero-order valence-corrected chi connectivity index (χ0v) is 15.2. The van der Waals surface area contributed by atoms with Crippen LogP contribution in [0.3, 0.4) is 0 Å². The minimum absolute atomic E-state index is 0.00860. The van der Waals surface area contributed by atoms with Gasteiger partial charge in [0.2, 0.25) is 5.91 Å². The van der Waals surface area contributed by atoms with Crippen molar-refractivity contribution in [1.82, 2.24) is 4.90 Å². The Morgan fingerprint density at radius 2 is 1.36 bits per heavy atom. The van der Waals surface area contributed by atoms with Crippen molar-refractivity contribution in [2.75, 3.05) is 31.1 Å². The number of rotatable bonds is 8. The first-order valence-corrected chi connectivity index (χ1v) is 8.77. The van der Waals surface area contributed by atoms with Crippen LogP contribution in [0.25, 0.3) is 0 Å². The molecule has 0 fully saturated rings. The van der Waals surface area contributed by atoms with Crippen LogP contribution >= 0.6 is 0 Å². The Labute approximate surface area is 150 Å². The summed E-state index contributed by atoms with van der Waals surface area (Å²) >= 11 is 0. The SMILES string of the molecule is CCN(CC)CCN(C(C)=O)c1ccc(C(=O)c2ccccc2)cc1. The maximum atomic E-state index is 12.5. The molecule has 25 heavy (non-hydrogen) atoms. The molecule has 1 amide bonds. The highest BCUT2D eigenvalue weighted by molar-refractivity contribution is 6.09. The van der Waals surface area contributed by atoms with Gasteiger partial charge in [-0.05, 0) is 37.4 Å². The van der Waals surface area contributed by atoms with Gasteiger partial charge in [-0.3, -0.25) is 9.59 Å². The van der Waals surface area contributed by atoms with Gasteiger partial charge in [0.25, 0.3) is 0 Å². The lowest BCUT2D eigenvalue weighted by atomic mass is 10.0. The topological polar surface area (TPSA) is 40.6 Å². The molecule has 0 saturated heterocycles. The molecule has 0 aromatic heterocycles. The summed E-state index contributed by atoms with van der Waals surface area (Å²) < 4.78 is 0. The molecular weight excluding hydrogens is 312 g/mol. The Morgan fingerprint density at radius 3 is 1.88 bits per heavy atom. The lowest BCUT2D eigenvalue weighted by Gasteiger charge is -2.25. The first-order chi connectivity index (χ1) is 12.1. The van der Waals surface area contributed by atoms with E-state index in [0.29, 0.717) is 17.7 Å². The molecule has 4 heteroatoms. The lowest BCUT2D eigenvalue weighted by Crippen LogP contribution is -2.37. The van der Waals surface area contributed by atoms with Crippen molar-refractivity contribution in [2.45, 2.75) is 20.8 Å². The fraction of sp³-hybridized carbons (Fsp3) is 0.333. The van der Waals surface area contributed by atoms with E-state index in [1.54, 1.807) is 24.0 Å². The Morgan fingerprint density at radius 1 is 0.800 bits per heavy atom. The Bertz CT molecular complexity index is 692. The van der Waals surface area contributed by atoms with E-state index in [9.17, 15) is 9.59 Å². The molecule has 0 aliphatic carbocycles. The maximum Gasteiger partial charge on any atom is 0.223 e. The van der Waals surface area contributed by atoms with Crippen LogP contribution in [0.2, 0.25) is 0 Å². The number of amides is 1. The third-order valence-electron chi connectivity index (χ3n) is 4.39. The van der Waals surface area contributed by atoms with E-state index in [0.717, 1.165) is 25.3 Å². The minimum atomic E-state index is -0.00957.